The maximum Gasteiger partial charge on any atom is 0.124 e. The lowest BCUT2D eigenvalue weighted by Crippen LogP contribution is -2.66. The monoisotopic (exact) mass is 308 g/mol. The minimum atomic E-state index is -0.0144. The number of aromatic nitrogens is 1. The van der Waals surface area contributed by atoms with Crippen molar-refractivity contribution in [3.05, 3.63) is 35.5 Å². The summed E-state index contributed by atoms with van der Waals surface area (Å²) in [7, 11) is 0. The molecule has 3 saturated heterocycles. The number of nitrogens with one attached hydrogen (secondary N) is 1. The Morgan fingerprint density at radius 3 is 2.74 bits per heavy atom. The number of aldehydes is 2. The van der Waals surface area contributed by atoms with Crippen molar-refractivity contribution in [2.45, 2.75) is 37.9 Å². The predicted molar refractivity (Wildman–Crippen MR) is 87.0 cm³/mol. The minimum absolute atomic E-state index is 0.0105. The first kappa shape index (κ1) is 13.5. The van der Waals surface area contributed by atoms with Gasteiger partial charge in [-0.05, 0) is 37.3 Å². The summed E-state index contributed by atoms with van der Waals surface area (Å²) in [5.41, 5.74) is 3.88. The van der Waals surface area contributed by atoms with Gasteiger partial charge in [0, 0.05) is 40.5 Å². The van der Waals surface area contributed by atoms with Crippen molar-refractivity contribution < 1.29 is 9.59 Å². The molecule has 1 aromatic carbocycles. The van der Waals surface area contributed by atoms with Crippen molar-refractivity contribution in [2.24, 2.45) is 17.8 Å². The third-order valence-electron chi connectivity index (χ3n) is 6.61. The Labute approximate surface area is 134 Å². The molecule has 0 radical (unpaired) electrons. The summed E-state index contributed by atoms with van der Waals surface area (Å²) < 4.78 is 0. The van der Waals surface area contributed by atoms with Gasteiger partial charge < -0.3 is 14.6 Å². The molecule has 6 rings (SSSR count). The second-order valence-electron chi connectivity index (χ2n) is 7.36. The van der Waals surface area contributed by atoms with Crippen LogP contribution in [-0.4, -0.2) is 34.5 Å². The number of hydrogen-bond donors (Lipinski definition) is 1. The Morgan fingerprint density at radius 2 is 1.96 bits per heavy atom. The molecule has 4 bridgehead atoms. The van der Waals surface area contributed by atoms with Crippen LogP contribution < -0.4 is 0 Å². The number of carbonyl (C=O) groups excluding carboxylic acids is 2. The number of carbonyl (C=O) groups is 2. The number of rotatable bonds is 2. The quantitative estimate of drug-likeness (QED) is 0.867. The molecule has 7 atom stereocenters. The Kier molecular flexibility index (Phi) is 2.66. The van der Waals surface area contributed by atoms with Gasteiger partial charge >= 0.3 is 0 Å². The Morgan fingerprint density at radius 1 is 1.17 bits per heavy atom. The van der Waals surface area contributed by atoms with Crippen molar-refractivity contribution in [3.8, 4) is 0 Å². The maximum atomic E-state index is 11.8. The lowest BCUT2D eigenvalue weighted by Gasteiger charge is -2.61. The maximum absolute atomic E-state index is 11.8. The lowest BCUT2D eigenvalue weighted by atomic mass is 9.60. The van der Waals surface area contributed by atoms with Gasteiger partial charge in [0.25, 0.3) is 0 Å². The average Bonchev–Trinajstić information content (AvgIpc) is 2.94. The highest BCUT2D eigenvalue weighted by Crippen LogP contribution is 2.55. The van der Waals surface area contributed by atoms with Crippen LogP contribution in [-0.2, 0) is 16.0 Å². The zero-order valence-corrected chi connectivity index (χ0v) is 13.1. The third-order valence-corrected chi connectivity index (χ3v) is 6.61. The van der Waals surface area contributed by atoms with Gasteiger partial charge in [-0.2, -0.15) is 0 Å². The molecule has 118 valence electrons. The number of para-hydroxylation sites is 1. The fraction of sp³-hybridized carbons (Fsp3) is 0.474. The Hall–Kier alpha value is -1.94. The predicted octanol–water partition coefficient (Wildman–Crippen LogP) is 2.49. The number of nitrogens with zero attached hydrogens (tertiary/aromatic N) is 1. The number of hydrogen-bond acceptors (Lipinski definition) is 3. The Balaban J connectivity index is 1.70. The first-order valence-corrected chi connectivity index (χ1v) is 8.52. The van der Waals surface area contributed by atoms with Crippen LogP contribution in [0.25, 0.3) is 10.9 Å². The highest BCUT2D eigenvalue weighted by molar-refractivity contribution is 5.85. The van der Waals surface area contributed by atoms with Crippen molar-refractivity contribution in [2.75, 3.05) is 0 Å². The Bertz CT molecular complexity index is 811. The van der Waals surface area contributed by atoms with Crippen LogP contribution in [0.15, 0.2) is 24.3 Å². The minimum Gasteiger partial charge on any atom is -0.357 e. The second kappa shape index (κ2) is 4.54. The fourth-order valence-electron chi connectivity index (χ4n) is 5.66. The van der Waals surface area contributed by atoms with Gasteiger partial charge in [0.05, 0.1) is 6.04 Å². The molecule has 4 aliphatic rings. The molecule has 1 unspecified atom stereocenters. The van der Waals surface area contributed by atoms with Crippen LogP contribution >= 0.6 is 0 Å². The van der Waals surface area contributed by atoms with Crippen LogP contribution in [0.3, 0.4) is 0 Å². The number of benzene rings is 1. The summed E-state index contributed by atoms with van der Waals surface area (Å²) in [6.07, 6.45) is 4.01. The molecule has 0 amide bonds. The van der Waals surface area contributed by atoms with E-state index in [1.807, 2.05) is 0 Å². The molecule has 3 fully saturated rings. The zero-order chi connectivity index (χ0) is 15.7. The van der Waals surface area contributed by atoms with E-state index >= 15 is 0 Å². The molecule has 4 nitrogen and oxygen atoms in total. The van der Waals surface area contributed by atoms with Crippen molar-refractivity contribution >= 4 is 23.5 Å². The molecule has 1 aromatic heterocycles. The molecule has 5 heterocycles. The van der Waals surface area contributed by atoms with Crippen LogP contribution in [0, 0.1) is 17.8 Å². The molecule has 1 N–H and O–H groups in total. The zero-order valence-electron chi connectivity index (χ0n) is 13.1. The van der Waals surface area contributed by atoms with Crippen molar-refractivity contribution in [3.63, 3.8) is 0 Å². The molecule has 0 aliphatic carbocycles. The van der Waals surface area contributed by atoms with Crippen LogP contribution in [0.1, 0.15) is 30.6 Å². The van der Waals surface area contributed by atoms with Gasteiger partial charge in [-0.15, -0.1) is 0 Å². The second-order valence-corrected chi connectivity index (χ2v) is 7.36. The average molecular weight is 308 g/mol. The lowest BCUT2D eigenvalue weighted by molar-refractivity contribution is -0.153. The van der Waals surface area contributed by atoms with Gasteiger partial charge in [-0.1, -0.05) is 18.2 Å². The number of aromatic amines is 1. The summed E-state index contributed by atoms with van der Waals surface area (Å²) in [6, 6.07) is 9.22. The van der Waals surface area contributed by atoms with Gasteiger partial charge in [0.15, 0.2) is 0 Å². The van der Waals surface area contributed by atoms with Crippen LogP contribution in [0.5, 0.6) is 0 Å². The first-order chi connectivity index (χ1) is 11.2. The summed E-state index contributed by atoms with van der Waals surface area (Å²) in [6.45, 7) is 2.15. The summed E-state index contributed by atoms with van der Waals surface area (Å²) in [5.74, 6) is 0.169. The number of piperidine rings is 3. The van der Waals surface area contributed by atoms with Gasteiger partial charge in [-0.3, -0.25) is 4.90 Å². The number of fused-ring (bicyclic) bond motifs is 4. The van der Waals surface area contributed by atoms with Gasteiger partial charge in [-0.25, -0.2) is 0 Å². The van der Waals surface area contributed by atoms with E-state index in [9.17, 15) is 9.59 Å². The highest BCUT2D eigenvalue weighted by Gasteiger charge is 2.57. The van der Waals surface area contributed by atoms with Crippen LogP contribution in [0.2, 0.25) is 0 Å². The molecule has 4 heteroatoms. The number of H-pyrrole nitrogens is 1. The fourth-order valence-corrected chi connectivity index (χ4v) is 5.66. The smallest absolute Gasteiger partial charge is 0.124 e. The third kappa shape index (κ3) is 1.55. The largest absolute Gasteiger partial charge is 0.357 e. The summed E-state index contributed by atoms with van der Waals surface area (Å²) >= 11 is 0. The van der Waals surface area contributed by atoms with E-state index in [4.69, 9.17) is 0 Å². The highest BCUT2D eigenvalue weighted by atomic mass is 16.1. The molecule has 2 aromatic rings. The van der Waals surface area contributed by atoms with E-state index in [-0.39, 0.29) is 29.8 Å². The first-order valence-electron chi connectivity index (χ1n) is 8.52. The normalized spacial score (nSPS) is 40.8. The van der Waals surface area contributed by atoms with Crippen molar-refractivity contribution in [1.29, 1.82) is 0 Å². The molecular weight excluding hydrogens is 288 g/mol. The van der Waals surface area contributed by atoms with Gasteiger partial charge in [0.1, 0.15) is 12.6 Å². The molecule has 0 spiro atoms. The van der Waals surface area contributed by atoms with Crippen molar-refractivity contribution in [1.82, 2.24) is 9.88 Å². The van der Waals surface area contributed by atoms with E-state index in [2.05, 4.69) is 41.1 Å². The molecular formula is C19H20N2O2. The van der Waals surface area contributed by atoms with E-state index in [0.717, 1.165) is 25.4 Å². The SMILES string of the molecule is C[C@H]1[C@H](C=O)[C@@H]2C[C@H]3c4[nH]c5ccccc5c4C[C@@H]([C@@H]2C=O)N31. The van der Waals surface area contributed by atoms with E-state index < -0.39 is 0 Å². The van der Waals surface area contributed by atoms with E-state index in [1.165, 1.54) is 22.2 Å². The molecule has 4 aliphatic heterocycles. The summed E-state index contributed by atoms with van der Waals surface area (Å²) in [5, 5.41) is 1.29. The van der Waals surface area contributed by atoms with E-state index in [1.54, 1.807) is 0 Å². The standard InChI is InChI=1S/C19H20N2O2/c1-10-14(8-22)12-6-18-19-13(7-17(21(10)18)15(12)9-23)11-4-2-3-5-16(11)20-19/h2-5,8-10,12,14-15,17-18,20H,6-7H2,1H3/t10-,12-,14-,15+,17-,18-/m0/s1. The molecule has 0 saturated carbocycles. The van der Waals surface area contributed by atoms with Gasteiger partial charge in [0.2, 0.25) is 0 Å². The topological polar surface area (TPSA) is 53.2 Å². The van der Waals surface area contributed by atoms with E-state index in [0.29, 0.717) is 6.04 Å². The molecule has 23 heavy (non-hydrogen) atoms. The van der Waals surface area contributed by atoms with Crippen LogP contribution in [0.4, 0.5) is 0 Å². The summed E-state index contributed by atoms with van der Waals surface area (Å²) in [4.78, 5) is 29.4.